The summed E-state index contributed by atoms with van der Waals surface area (Å²) in [6, 6.07) is 0.0695. The van der Waals surface area contributed by atoms with E-state index in [4.69, 9.17) is 5.73 Å². The smallest absolute Gasteiger partial charge is 0.150 e. The summed E-state index contributed by atoms with van der Waals surface area (Å²) >= 11 is 0. The van der Waals surface area contributed by atoms with Crippen molar-refractivity contribution in [3.8, 4) is 0 Å². The molecule has 12 heavy (non-hydrogen) atoms. The van der Waals surface area contributed by atoms with Gasteiger partial charge in [-0.2, -0.15) is 0 Å². The maximum atomic E-state index is 11.2. The maximum absolute atomic E-state index is 11.2. The summed E-state index contributed by atoms with van der Waals surface area (Å²) in [6.45, 7) is 2.01. The Balaban J connectivity index is 2.58. The normalized spacial score (nSPS) is 31.3. The Labute approximate surface area is 74.3 Å². The van der Waals surface area contributed by atoms with Gasteiger partial charge in [0.1, 0.15) is 0 Å². The lowest BCUT2D eigenvalue weighted by molar-refractivity contribution is 0.399. The van der Waals surface area contributed by atoms with Gasteiger partial charge in [0.15, 0.2) is 9.84 Å². The van der Waals surface area contributed by atoms with Crippen molar-refractivity contribution in [3.63, 3.8) is 0 Å². The van der Waals surface area contributed by atoms with Crippen molar-refractivity contribution in [1.82, 2.24) is 0 Å². The fraction of sp³-hybridized carbons (Fsp3) is 1.00. The third kappa shape index (κ3) is 2.45. The molecule has 1 rings (SSSR count). The van der Waals surface area contributed by atoms with E-state index in [-0.39, 0.29) is 12.0 Å². The third-order valence-corrected chi connectivity index (χ3v) is 4.42. The van der Waals surface area contributed by atoms with Crippen LogP contribution in [-0.2, 0) is 9.84 Å². The van der Waals surface area contributed by atoms with Gasteiger partial charge in [-0.1, -0.05) is 6.92 Å². The molecule has 2 atom stereocenters. The van der Waals surface area contributed by atoms with Gasteiger partial charge in [0.2, 0.25) is 0 Å². The highest BCUT2D eigenvalue weighted by Crippen LogP contribution is 2.21. The van der Waals surface area contributed by atoms with Crippen LogP contribution in [0, 0.1) is 5.92 Å². The first kappa shape index (κ1) is 9.99. The maximum Gasteiger partial charge on any atom is 0.150 e. The van der Waals surface area contributed by atoms with Gasteiger partial charge in [-0.05, 0) is 25.2 Å². The molecule has 0 aliphatic carbocycles. The van der Waals surface area contributed by atoms with Crippen molar-refractivity contribution in [1.29, 1.82) is 0 Å². The van der Waals surface area contributed by atoms with Gasteiger partial charge >= 0.3 is 0 Å². The number of nitrogens with two attached hydrogens (primary N) is 1. The molecule has 0 saturated carbocycles. The van der Waals surface area contributed by atoms with Crippen LogP contribution in [0.1, 0.15) is 26.2 Å². The Morgan fingerprint density at radius 1 is 1.58 bits per heavy atom. The molecule has 1 fully saturated rings. The van der Waals surface area contributed by atoms with Crippen molar-refractivity contribution in [2.75, 3.05) is 11.5 Å². The van der Waals surface area contributed by atoms with E-state index < -0.39 is 9.84 Å². The first-order chi connectivity index (χ1) is 5.55. The minimum absolute atomic E-state index is 0.0695. The molecular weight excluding hydrogens is 174 g/mol. The third-order valence-electron chi connectivity index (χ3n) is 2.58. The highest BCUT2D eigenvalue weighted by molar-refractivity contribution is 7.91. The van der Waals surface area contributed by atoms with Crippen molar-refractivity contribution in [2.24, 2.45) is 11.7 Å². The van der Waals surface area contributed by atoms with Crippen LogP contribution in [0.5, 0.6) is 0 Å². The average molecular weight is 191 g/mol. The van der Waals surface area contributed by atoms with Crippen LogP contribution in [0.2, 0.25) is 0 Å². The lowest BCUT2D eigenvalue weighted by atomic mass is 9.95. The second-order valence-electron chi connectivity index (χ2n) is 3.59. The Hall–Kier alpha value is -0.0900. The van der Waals surface area contributed by atoms with Gasteiger partial charge in [-0.3, -0.25) is 0 Å². The molecule has 1 heterocycles. The van der Waals surface area contributed by atoms with Crippen LogP contribution in [-0.4, -0.2) is 26.0 Å². The molecule has 0 aromatic carbocycles. The number of rotatable bonds is 2. The molecule has 72 valence electrons. The molecule has 1 saturated heterocycles. The minimum atomic E-state index is -2.77. The Kier molecular flexibility index (Phi) is 3.12. The highest BCUT2D eigenvalue weighted by atomic mass is 32.2. The van der Waals surface area contributed by atoms with E-state index in [0.717, 1.165) is 19.3 Å². The van der Waals surface area contributed by atoms with Gasteiger partial charge < -0.3 is 5.73 Å². The summed E-state index contributed by atoms with van der Waals surface area (Å²) in [5.41, 5.74) is 5.80. The van der Waals surface area contributed by atoms with Crippen LogP contribution in [0.3, 0.4) is 0 Å². The zero-order valence-electron chi connectivity index (χ0n) is 7.49. The van der Waals surface area contributed by atoms with Gasteiger partial charge in [0.05, 0.1) is 11.5 Å². The lowest BCUT2D eigenvalue weighted by Gasteiger charge is -2.26. The van der Waals surface area contributed by atoms with E-state index in [2.05, 4.69) is 0 Å². The largest absolute Gasteiger partial charge is 0.327 e. The predicted octanol–water partition coefficient (Wildman–Crippen LogP) is 0.548. The fourth-order valence-electron chi connectivity index (χ4n) is 1.73. The number of sulfone groups is 1. The van der Waals surface area contributed by atoms with E-state index >= 15 is 0 Å². The molecule has 0 amide bonds. The van der Waals surface area contributed by atoms with E-state index in [0.29, 0.717) is 11.5 Å². The van der Waals surface area contributed by atoms with Crippen LogP contribution in [0.15, 0.2) is 0 Å². The van der Waals surface area contributed by atoms with Crippen molar-refractivity contribution < 1.29 is 8.42 Å². The molecule has 2 N–H and O–H groups in total. The van der Waals surface area contributed by atoms with E-state index in [1.807, 2.05) is 6.92 Å². The molecule has 2 unspecified atom stereocenters. The van der Waals surface area contributed by atoms with Crippen LogP contribution in [0.25, 0.3) is 0 Å². The molecule has 1 aliphatic heterocycles. The molecule has 1 aliphatic rings. The SMILES string of the molecule is CCC(N)C1CCCS(=O)(=O)C1. The minimum Gasteiger partial charge on any atom is -0.327 e. The van der Waals surface area contributed by atoms with E-state index in [1.165, 1.54) is 0 Å². The summed E-state index contributed by atoms with van der Waals surface area (Å²) < 4.78 is 22.5. The predicted molar refractivity (Wildman–Crippen MR) is 49.6 cm³/mol. The molecule has 3 nitrogen and oxygen atoms in total. The standard InChI is InChI=1S/C8H17NO2S/c1-2-8(9)7-4-3-5-12(10,11)6-7/h7-8H,2-6,9H2,1H3. The highest BCUT2D eigenvalue weighted by Gasteiger charge is 2.27. The number of hydrogen-bond acceptors (Lipinski definition) is 3. The summed E-state index contributed by atoms with van der Waals surface area (Å²) in [6.07, 6.45) is 2.65. The van der Waals surface area contributed by atoms with Gasteiger partial charge in [-0.15, -0.1) is 0 Å². The molecular formula is C8H17NO2S. The second-order valence-corrected chi connectivity index (χ2v) is 5.82. The summed E-state index contributed by atoms with van der Waals surface area (Å²) in [4.78, 5) is 0. The van der Waals surface area contributed by atoms with Gasteiger partial charge in [-0.25, -0.2) is 8.42 Å². The first-order valence-corrected chi connectivity index (χ1v) is 6.33. The van der Waals surface area contributed by atoms with Crippen molar-refractivity contribution in [3.05, 3.63) is 0 Å². The van der Waals surface area contributed by atoms with Gasteiger partial charge in [0.25, 0.3) is 0 Å². The monoisotopic (exact) mass is 191 g/mol. The van der Waals surface area contributed by atoms with Crippen molar-refractivity contribution in [2.45, 2.75) is 32.2 Å². The lowest BCUT2D eigenvalue weighted by Crippen LogP contribution is -2.38. The molecule has 0 aromatic heterocycles. The topological polar surface area (TPSA) is 60.2 Å². The summed E-state index contributed by atoms with van der Waals surface area (Å²) in [7, 11) is -2.77. The Bertz CT molecular complexity index is 235. The second kappa shape index (κ2) is 3.75. The van der Waals surface area contributed by atoms with Crippen LogP contribution >= 0.6 is 0 Å². The first-order valence-electron chi connectivity index (χ1n) is 4.51. The molecule has 4 heteroatoms. The van der Waals surface area contributed by atoms with Crippen molar-refractivity contribution >= 4 is 9.84 Å². The average Bonchev–Trinajstić information content (AvgIpc) is 2.01. The summed E-state index contributed by atoms with van der Waals surface area (Å²) in [5, 5.41) is 0. The number of hydrogen-bond donors (Lipinski definition) is 1. The fourth-order valence-corrected chi connectivity index (χ4v) is 3.57. The summed E-state index contributed by atoms with van der Waals surface area (Å²) in [5.74, 6) is 0.871. The Morgan fingerprint density at radius 3 is 2.75 bits per heavy atom. The zero-order valence-corrected chi connectivity index (χ0v) is 8.31. The van der Waals surface area contributed by atoms with E-state index in [1.54, 1.807) is 0 Å². The van der Waals surface area contributed by atoms with E-state index in [9.17, 15) is 8.42 Å². The Morgan fingerprint density at radius 2 is 2.25 bits per heavy atom. The molecule has 0 spiro atoms. The zero-order chi connectivity index (χ0) is 9.19. The van der Waals surface area contributed by atoms with Gasteiger partial charge in [0, 0.05) is 6.04 Å². The molecule has 0 radical (unpaired) electrons. The van der Waals surface area contributed by atoms with Crippen LogP contribution in [0.4, 0.5) is 0 Å². The molecule has 0 aromatic rings. The van der Waals surface area contributed by atoms with Crippen LogP contribution < -0.4 is 5.73 Å². The molecule has 0 bridgehead atoms. The quantitative estimate of drug-likeness (QED) is 0.693.